The summed E-state index contributed by atoms with van der Waals surface area (Å²) in [5, 5.41) is 1.26. The van der Waals surface area contributed by atoms with Crippen LogP contribution in [0.3, 0.4) is 0 Å². The van der Waals surface area contributed by atoms with E-state index in [1.807, 2.05) is 12.1 Å². The summed E-state index contributed by atoms with van der Waals surface area (Å²) in [6.45, 7) is 0.798. The molecule has 0 fully saturated rings. The Morgan fingerprint density at radius 2 is 1.88 bits per heavy atom. The molecule has 1 aliphatic heterocycles. The summed E-state index contributed by atoms with van der Waals surface area (Å²) in [6, 6.07) is 14.4. The molecule has 1 unspecified atom stereocenters. The zero-order valence-electron chi connectivity index (χ0n) is 17.8. The largest absolute Gasteiger partial charge is 0.493 e. The number of nitrogens with one attached hydrogen (secondary N) is 2. The van der Waals surface area contributed by atoms with Crippen LogP contribution in [-0.2, 0) is 6.42 Å². The first-order valence-electron chi connectivity index (χ1n) is 10.5. The number of anilines is 1. The monoisotopic (exact) mass is 426 g/mol. The predicted molar refractivity (Wildman–Crippen MR) is 122 cm³/mol. The molecule has 1 aliphatic rings. The number of imidazole rings is 1. The third kappa shape index (κ3) is 2.72. The summed E-state index contributed by atoms with van der Waals surface area (Å²) in [6.07, 6.45) is 4.15. The van der Waals surface area contributed by atoms with Gasteiger partial charge in [0.05, 0.1) is 26.6 Å². The highest BCUT2D eigenvalue weighted by molar-refractivity contribution is 5.87. The SMILES string of the molecule is COc1ccc(C2c3[nH]c4ccccc4c3CCN2c2ncnc3[nH]cnc23)cc1OC. The van der Waals surface area contributed by atoms with E-state index in [1.54, 1.807) is 26.9 Å². The van der Waals surface area contributed by atoms with Gasteiger partial charge in [-0.1, -0.05) is 24.3 Å². The number of ether oxygens (including phenoxy) is 2. The average molecular weight is 426 g/mol. The molecule has 2 aromatic carbocycles. The highest BCUT2D eigenvalue weighted by atomic mass is 16.5. The third-order valence-corrected chi connectivity index (χ3v) is 6.23. The molecule has 0 saturated carbocycles. The van der Waals surface area contributed by atoms with E-state index in [0.717, 1.165) is 46.7 Å². The topological polar surface area (TPSA) is 92.0 Å². The fraction of sp³-hybridized carbons (Fsp3) is 0.208. The highest BCUT2D eigenvalue weighted by Crippen LogP contribution is 2.43. The number of H-pyrrole nitrogens is 2. The molecule has 0 radical (unpaired) electrons. The van der Waals surface area contributed by atoms with Crippen LogP contribution in [0.5, 0.6) is 11.5 Å². The zero-order chi connectivity index (χ0) is 21.7. The number of fused-ring (bicyclic) bond motifs is 4. The van der Waals surface area contributed by atoms with Gasteiger partial charge in [0.15, 0.2) is 23.0 Å². The van der Waals surface area contributed by atoms with Crippen molar-refractivity contribution in [1.29, 1.82) is 0 Å². The average Bonchev–Trinajstić information content (AvgIpc) is 3.47. The molecule has 0 spiro atoms. The van der Waals surface area contributed by atoms with Gasteiger partial charge in [-0.2, -0.15) is 0 Å². The smallest absolute Gasteiger partial charge is 0.162 e. The van der Waals surface area contributed by atoms with E-state index < -0.39 is 0 Å². The zero-order valence-corrected chi connectivity index (χ0v) is 17.8. The van der Waals surface area contributed by atoms with E-state index in [4.69, 9.17) is 9.47 Å². The first-order valence-corrected chi connectivity index (χ1v) is 10.5. The van der Waals surface area contributed by atoms with Gasteiger partial charge >= 0.3 is 0 Å². The molecule has 32 heavy (non-hydrogen) atoms. The van der Waals surface area contributed by atoms with Gasteiger partial charge in [-0.05, 0) is 35.7 Å². The van der Waals surface area contributed by atoms with E-state index in [2.05, 4.69) is 60.2 Å². The number of nitrogens with zero attached hydrogens (tertiary/aromatic N) is 4. The third-order valence-electron chi connectivity index (χ3n) is 6.23. The van der Waals surface area contributed by atoms with Gasteiger partial charge < -0.3 is 24.3 Å². The second-order valence-corrected chi connectivity index (χ2v) is 7.82. The molecule has 6 rings (SSSR count). The quantitative estimate of drug-likeness (QED) is 0.451. The van der Waals surface area contributed by atoms with Crippen molar-refractivity contribution in [2.75, 3.05) is 25.7 Å². The molecule has 1 atom stereocenters. The first kappa shape index (κ1) is 18.7. The summed E-state index contributed by atoms with van der Waals surface area (Å²) in [5.74, 6) is 2.20. The van der Waals surface area contributed by atoms with Gasteiger partial charge in [-0.15, -0.1) is 0 Å². The van der Waals surface area contributed by atoms with Crippen LogP contribution in [0.1, 0.15) is 22.9 Å². The number of aromatic amines is 2. The maximum atomic E-state index is 5.62. The Hall–Kier alpha value is -4.07. The number of hydrogen-bond acceptors (Lipinski definition) is 6. The molecule has 5 aromatic rings. The van der Waals surface area contributed by atoms with Crippen molar-refractivity contribution in [1.82, 2.24) is 24.9 Å². The molecule has 0 saturated heterocycles. The second kappa shape index (κ2) is 7.26. The standard InChI is InChI=1S/C24H22N6O2/c1-31-18-8-7-14(11-19(18)32-2)22-20-16(15-5-3-4-6-17(15)29-20)9-10-30(22)24-21-23(26-12-25-21)27-13-28-24/h3-8,11-13,22,29H,9-10H2,1-2H3,(H,25,26,27,28). The molecular weight excluding hydrogens is 404 g/mol. The molecular formula is C24H22N6O2. The van der Waals surface area contributed by atoms with Crippen molar-refractivity contribution < 1.29 is 9.47 Å². The maximum absolute atomic E-state index is 5.62. The van der Waals surface area contributed by atoms with E-state index >= 15 is 0 Å². The minimum atomic E-state index is -0.0965. The van der Waals surface area contributed by atoms with Crippen LogP contribution in [0.4, 0.5) is 5.82 Å². The molecule has 3 aromatic heterocycles. The molecule has 0 aliphatic carbocycles. The van der Waals surface area contributed by atoms with E-state index in [0.29, 0.717) is 11.5 Å². The minimum absolute atomic E-state index is 0.0965. The van der Waals surface area contributed by atoms with Crippen LogP contribution in [0.2, 0.25) is 0 Å². The lowest BCUT2D eigenvalue weighted by molar-refractivity contribution is 0.354. The summed E-state index contributed by atoms with van der Waals surface area (Å²) in [7, 11) is 3.31. The lowest BCUT2D eigenvalue weighted by atomic mass is 9.92. The van der Waals surface area contributed by atoms with Crippen molar-refractivity contribution in [2.24, 2.45) is 0 Å². The molecule has 0 bridgehead atoms. The van der Waals surface area contributed by atoms with Crippen molar-refractivity contribution >= 4 is 27.9 Å². The molecule has 8 heteroatoms. The van der Waals surface area contributed by atoms with E-state index in [1.165, 1.54) is 10.9 Å². The van der Waals surface area contributed by atoms with Crippen LogP contribution in [0.15, 0.2) is 55.1 Å². The van der Waals surface area contributed by atoms with Crippen LogP contribution in [0.25, 0.3) is 22.1 Å². The molecule has 4 heterocycles. The number of para-hydroxylation sites is 1. The number of rotatable bonds is 4. The summed E-state index contributed by atoms with van der Waals surface area (Å²) in [4.78, 5) is 22.5. The molecule has 8 nitrogen and oxygen atoms in total. The number of methoxy groups -OCH3 is 2. The minimum Gasteiger partial charge on any atom is -0.493 e. The Morgan fingerprint density at radius 3 is 2.75 bits per heavy atom. The van der Waals surface area contributed by atoms with Crippen molar-refractivity contribution in [3.8, 4) is 11.5 Å². The fourth-order valence-electron chi connectivity index (χ4n) is 4.80. The van der Waals surface area contributed by atoms with Gasteiger partial charge in [0.2, 0.25) is 0 Å². The Bertz CT molecular complexity index is 1440. The lowest BCUT2D eigenvalue weighted by Gasteiger charge is -2.37. The Kier molecular flexibility index (Phi) is 4.24. The molecule has 0 amide bonds. The number of benzene rings is 2. The molecule has 160 valence electrons. The number of hydrogen-bond donors (Lipinski definition) is 2. The van der Waals surface area contributed by atoms with Crippen LogP contribution >= 0.6 is 0 Å². The van der Waals surface area contributed by atoms with Gasteiger partial charge in [-0.25, -0.2) is 15.0 Å². The first-order chi connectivity index (χ1) is 15.8. The van der Waals surface area contributed by atoms with Crippen LogP contribution < -0.4 is 14.4 Å². The number of aromatic nitrogens is 5. The lowest BCUT2D eigenvalue weighted by Crippen LogP contribution is -2.37. The van der Waals surface area contributed by atoms with E-state index in [-0.39, 0.29) is 6.04 Å². The Morgan fingerprint density at radius 1 is 1.00 bits per heavy atom. The van der Waals surface area contributed by atoms with Crippen LogP contribution in [0, 0.1) is 0 Å². The van der Waals surface area contributed by atoms with Crippen molar-refractivity contribution in [2.45, 2.75) is 12.5 Å². The van der Waals surface area contributed by atoms with Crippen molar-refractivity contribution in [3.05, 3.63) is 71.9 Å². The summed E-state index contributed by atoms with van der Waals surface area (Å²) < 4.78 is 11.1. The summed E-state index contributed by atoms with van der Waals surface area (Å²) >= 11 is 0. The van der Waals surface area contributed by atoms with Gasteiger partial charge in [-0.3, -0.25) is 0 Å². The highest BCUT2D eigenvalue weighted by Gasteiger charge is 2.34. The van der Waals surface area contributed by atoms with Crippen molar-refractivity contribution in [3.63, 3.8) is 0 Å². The fourth-order valence-corrected chi connectivity index (χ4v) is 4.80. The van der Waals surface area contributed by atoms with Gasteiger partial charge in [0.25, 0.3) is 0 Å². The maximum Gasteiger partial charge on any atom is 0.162 e. The normalized spacial score (nSPS) is 15.8. The van der Waals surface area contributed by atoms with Gasteiger partial charge in [0, 0.05) is 23.1 Å². The Balaban J connectivity index is 1.59. The van der Waals surface area contributed by atoms with E-state index in [9.17, 15) is 0 Å². The van der Waals surface area contributed by atoms with Gasteiger partial charge in [0.1, 0.15) is 11.8 Å². The second-order valence-electron chi connectivity index (χ2n) is 7.82. The molecule has 2 N–H and O–H groups in total. The van der Waals surface area contributed by atoms with Crippen LogP contribution in [-0.4, -0.2) is 45.7 Å². The Labute approximate surface area is 184 Å². The predicted octanol–water partition coefficient (Wildman–Crippen LogP) is 4.00. The summed E-state index contributed by atoms with van der Waals surface area (Å²) in [5.41, 5.74) is 6.20.